The summed E-state index contributed by atoms with van der Waals surface area (Å²) in [4.78, 5) is 39.4. The van der Waals surface area contributed by atoms with Crippen LogP contribution in [0.15, 0.2) is 82.3 Å². The van der Waals surface area contributed by atoms with Gasteiger partial charge in [0.15, 0.2) is 5.71 Å². The minimum atomic E-state index is -4.52. The number of nitrogens with one attached hydrogen (secondary N) is 2. The molecule has 2 aromatic carbocycles. The predicted octanol–water partition coefficient (Wildman–Crippen LogP) is 8.74. The predicted molar refractivity (Wildman–Crippen MR) is 252 cm³/mol. The van der Waals surface area contributed by atoms with Gasteiger partial charge in [0, 0.05) is 103 Å². The lowest BCUT2D eigenvalue weighted by Crippen LogP contribution is -2.34. The van der Waals surface area contributed by atoms with Crippen LogP contribution in [0.4, 0.5) is 11.4 Å². The van der Waals surface area contributed by atoms with Gasteiger partial charge in [-0.15, -0.1) is 8.67 Å². The highest BCUT2D eigenvalue weighted by molar-refractivity contribution is 7.94. The van der Waals surface area contributed by atoms with Crippen LogP contribution in [0.2, 0.25) is 0 Å². The summed E-state index contributed by atoms with van der Waals surface area (Å²) in [7, 11) is -4.52. The maximum atomic E-state index is 12.7. The summed E-state index contributed by atoms with van der Waals surface area (Å²) < 4.78 is 46.7. The highest BCUT2D eigenvalue weighted by atomic mass is 32.2. The number of hydrogen-bond acceptors (Lipinski definition) is 14. The third kappa shape index (κ3) is 14.5. The second kappa shape index (κ2) is 25.9. The Labute approximate surface area is 395 Å². The summed E-state index contributed by atoms with van der Waals surface area (Å²) in [5.74, 6) is -0.516. The van der Waals surface area contributed by atoms with Gasteiger partial charge in [0.25, 0.3) is 10.1 Å². The number of fused-ring (bicyclic) bond motifs is 5. The average molecular weight is 976 g/mol. The summed E-state index contributed by atoms with van der Waals surface area (Å²) in [6, 6.07) is 10.6. The van der Waals surface area contributed by atoms with E-state index in [0.29, 0.717) is 83.3 Å². The number of amides is 2. The topological polar surface area (TPSA) is 233 Å². The molecule has 362 valence electrons. The van der Waals surface area contributed by atoms with Crippen LogP contribution in [0.25, 0.3) is 0 Å². The fraction of sp³-hybridized carbons (Fsp3) is 0.522. The standard InChI is InChI=1S/C46H62N4O13S3/c1-45(25-13-5-11-20-44(53)54)36-32-34(65-63-61-56)21-23-38(36)49-29-14-6-10-19-43(52)48-28-27-47-42(51)18-9-4-12-26-46(2)37-33-35(66(57,58)59)22-24-39(37)50(30-15-31-64-62-60-55)41(46)17-8-3-7-16-40(45)49/h3,7-8,16-17,21-24,32-33H,4-6,9-15,18-20,25-31H2,1-2H3,(H5-,47,48,51,52,53,54,55,56,57,58,59)/p+1. The Morgan fingerprint density at radius 3 is 2.27 bits per heavy atom. The van der Waals surface area contributed by atoms with E-state index in [4.69, 9.17) is 14.8 Å². The van der Waals surface area contributed by atoms with E-state index in [1.165, 1.54) is 6.07 Å². The lowest BCUT2D eigenvalue weighted by Gasteiger charge is -2.30. The van der Waals surface area contributed by atoms with Crippen LogP contribution in [0.5, 0.6) is 0 Å². The molecule has 20 heteroatoms. The van der Waals surface area contributed by atoms with E-state index in [1.54, 1.807) is 12.1 Å². The molecule has 0 saturated heterocycles. The zero-order valence-electron chi connectivity index (χ0n) is 37.6. The zero-order valence-corrected chi connectivity index (χ0v) is 40.0. The molecule has 0 aromatic heterocycles. The number of unbranched alkanes of at least 4 members (excludes halogenated alkanes) is 2. The molecule has 0 saturated carbocycles. The Balaban J connectivity index is 1.56. The van der Waals surface area contributed by atoms with Crippen molar-refractivity contribution in [2.24, 2.45) is 0 Å². The second-order valence-electron chi connectivity index (χ2n) is 17.1. The largest absolute Gasteiger partial charge is 0.481 e. The molecule has 66 heavy (non-hydrogen) atoms. The van der Waals surface area contributed by atoms with Gasteiger partial charge in [0.2, 0.25) is 17.5 Å². The van der Waals surface area contributed by atoms with E-state index in [1.807, 2.05) is 42.5 Å². The highest BCUT2D eigenvalue weighted by Gasteiger charge is 2.47. The first-order chi connectivity index (χ1) is 31.7. The van der Waals surface area contributed by atoms with Crippen molar-refractivity contribution < 1.29 is 66.3 Å². The quantitative estimate of drug-likeness (QED) is 0.0230. The Morgan fingerprint density at radius 2 is 1.58 bits per heavy atom. The van der Waals surface area contributed by atoms with Crippen molar-refractivity contribution in [2.75, 3.05) is 36.8 Å². The van der Waals surface area contributed by atoms with Gasteiger partial charge in [0.05, 0.1) is 22.4 Å². The molecule has 3 heterocycles. The average Bonchev–Trinajstić information content (AvgIpc) is 3.65. The molecule has 0 bridgehead atoms. The van der Waals surface area contributed by atoms with Gasteiger partial charge in [-0.05, 0) is 101 Å². The number of carbonyl (C=O) groups is 3. The number of benzene rings is 2. The molecule has 0 spiro atoms. The van der Waals surface area contributed by atoms with Crippen LogP contribution in [0.1, 0.15) is 121 Å². The van der Waals surface area contributed by atoms with Crippen LogP contribution in [-0.2, 0) is 54.1 Å². The van der Waals surface area contributed by atoms with Crippen molar-refractivity contribution in [2.45, 2.75) is 131 Å². The smallest absolute Gasteiger partial charge is 0.303 e. The number of hydrogen-bond donors (Lipinski definition) is 6. The van der Waals surface area contributed by atoms with Gasteiger partial charge in [-0.2, -0.15) is 13.0 Å². The fourth-order valence-corrected chi connectivity index (χ4v) is 10.5. The first-order valence-electron chi connectivity index (χ1n) is 22.5. The maximum Gasteiger partial charge on any atom is 0.303 e. The SMILES string of the molecule is CC1(CCCCCC(=O)O)C2=[N+](CCCCCC(=O)NCCNC(=O)CCCCCC3(C)/C(=C/C=C/C=C/2)N(CCCSOOO)c2ccc(S(=O)(=O)O)cc23)c2ccc(SOOO)cc21. The van der Waals surface area contributed by atoms with Gasteiger partial charge in [0.1, 0.15) is 6.54 Å². The first-order valence-corrected chi connectivity index (χ1v) is 25.6. The van der Waals surface area contributed by atoms with Crippen molar-refractivity contribution in [3.05, 3.63) is 83.6 Å². The van der Waals surface area contributed by atoms with Gasteiger partial charge >= 0.3 is 5.97 Å². The van der Waals surface area contributed by atoms with E-state index in [0.717, 1.165) is 101 Å². The Morgan fingerprint density at radius 1 is 0.848 bits per heavy atom. The van der Waals surface area contributed by atoms with Crippen LogP contribution < -0.4 is 15.5 Å². The van der Waals surface area contributed by atoms with Crippen LogP contribution in [0.3, 0.4) is 0 Å². The molecule has 0 radical (unpaired) electrons. The fourth-order valence-electron chi connectivity index (χ4n) is 9.22. The number of anilines is 1. The van der Waals surface area contributed by atoms with Gasteiger partial charge in [-0.1, -0.05) is 54.0 Å². The van der Waals surface area contributed by atoms with Gasteiger partial charge in [-0.3, -0.25) is 18.9 Å². The Hall–Kier alpha value is -4.09. The van der Waals surface area contributed by atoms with Crippen molar-refractivity contribution in [1.82, 2.24) is 10.6 Å². The lowest BCUT2D eigenvalue weighted by atomic mass is 9.75. The summed E-state index contributed by atoms with van der Waals surface area (Å²) in [5.41, 5.74) is 4.35. The van der Waals surface area contributed by atoms with Gasteiger partial charge in [-0.25, -0.2) is 10.5 Å². The number of rotatable bonds is 16. The molecule has 3 aliphatic rings. The summed E-state index contributed by atoms with van der Waals surface area (Å²) in [6.45, 7) is 6.08. The number of allylic oxidation sites excluding steroid dienone is 6. The lowest BCUT2D eigenvalue weighted by molar-refractivity contribution is -0.438. The summed E-state index contributed by atoms with van der Waals surface area (Å²) in [6.07, 6.45) is 19.2. The molecule has 6 N–H and O–H groups in total. The molecular weight excluding hydrogens is 913 g/mol. The molecule has 0 aliphatic carbocycles. The van der Waals surface area contributed by atoms with Crippen molar-refractivity contribution in [1.29, 1.82) is 0 Å². The summed E-state index contributed by atoms with van der Waals surface area (Å²) >= 11 is 1.83. The second-order valence-corrected chi connectivity index (χ2v) is 20.0. The molecular formula is C46H63N4O13S3+. The molecule has 2 unspecified atom stereocenters. The van der Waals surface area contributed by atoms with Crippen LogP contribution >= 0.6 is 24.1 Å². The first kappa shape index (κ1) is 52.9. The van der Waals surface area contributed by atoms with E-state index in [9.17, 15) is 32.5 Å². The van der Waals surface area contributed by atoms with E-state index in [2.05, 4.69) is 54.4 Å². The van der Waals surface area contributed by atoms with Crippen LogP contribution in [0, 0.1) is 0 Å². The number of carbonyl (C=O) groups excluding carboxylic acids is 2. The third-order valence-electron chi connectivity index (χ3n) is 12.5. The minimum Gasteiger partial charge on any atom is -0.481 e. The molecule has 5 rings (SSSR count). The van der Waals surface area contributed by atoms with Crippen molar-refractivity contribution in [3.63, 3.8) is 0 Å². The van der Waals surface area contributed by atoms with E-state index in [-0.39, 0.29) is 23.1 Å². The molecule has 17 nitrogen and oxygen atoms in total. The molecule has 2 amide bonds. The zero-order chi connectivity index (χ0) is 47.6. The normalized spacial score (nSPS) is 23.2. The minimum absolute atomic E-state index is 0.0701. The Kier molecular flexibility index (Phi) is 20.7. The van der Waals surface area contributed by atoms with E-state index < -0.39 is 26.9 Å². The molecule has 0 fully saturated rings. The van der Waals surface area contributed by atoms with Crippen LogP contribution in [-0.4, -0.2) is 88.6 Å². The third-order valence-corrected chi connectivity index (χ3v) is 14.5. The number of nitrogens with zero attached hydrogens (tertiary/aromatic N) is 2. The number of carboxylic acid groups (broad SMARTS) is 1. The molecule has 2 aromatic rings. The van der Waals surface area contributed by atoms with Crippen molar-refractivity contribution in [3.8, 4) is 0 Å². The summed E-state index contributed by atoms with van der Waals surface area (Å²) in [5, 5.41) is 40.3. The molecule has 2 atom stereocenters. The molecule has 3 aliphatic heterocycles. The van der Waals surface area contributed by atoms with E-state index >= 15 is 0 Å². The maximum absolute atomic E-state index is 12.7. The Bertz CT molecular complexity index is 2240. The van der Waals surface area contributed by atoms with Crippen molar-refractivity contribution >= 4 is 69.1 Å². The number of aliphatic carboxylic acids is 1. The van der Waals surface area contributed by atoms with Gasteiger partial charge < -0.3 is 20.6 Å². The monoisotopic (exact) mass is 975 g/mol. The number of carboxylic acids is 1. The highest BCUT2D eigenvalue weighted by Crippen LogP contribution is 2.52.